The van der Waals surface area contributed by atoms with Crippen LogP contribution in [0.5, 0.6) is 5.75 Å². The van der Waals surface area contributed by atoms with E-state index in [0.717, 1.165) is 11.1 Å². The molecule has 0 saturated carbocycles. The van der Waals surface area contributed by atoms with Crippen LogP contribution >= 0.6 is 0 Å². The lowest BCUT2D eigenvalue weighted by Gasteiger charge is -2.23. The van der Waals surface area contributed by atoms with Gasteiger partial charge in [-0.25, -0.2) is 0 Å². The van der Waals surface area contributed by atoms with Gasteiger partial charge in [-0.1, -0.05) is 54.6 Å². The number of amides is 2. The Balaban J connectivity index is 2.05. The molecule has 3 atom stereocenters. The molecule has 0 fully saturated rings. The van der Waals surface area contributed by atoms with E-state index in [1.54, 1.807) is 19.1 Å². The molecule has 210 valence electrons. The number of hydrogen-bond acceptors (Lipinski definition) is 6. The number of aliphatic hydroxyl groups excluding tert-OH is 1. The Kier molecular flexibility index (Phi) is 14.1. The molecule has 0 radical (unpaired) electrons. The number of benzene rings is 2. The van der Waals surface area contributed by atoms with Crippen LogP contribution in [0.3, 0.4) is 0 Å². The number of rotatable bonds is 18. The molecule has 2 rings (SSSR count). The van der Waals surface area contributed by atoms with Crippen LogP contribution in [-0.2, 0) is 32.1 Å². The molecular formula is C31H40N2O6. The Morgan fingerprint density at radius 3 is 2.33 bits per heavy atom. The Bertz CT molecular complexity index is 1050. The normalized spacial score (nSPS) is 12.9. The van der Waals surface area contributed by atoms with Crippen molar-refractivity contribution in [2.24, 2.45) is 5.92 Å². The summed E-state index contributed by atoms with van der Waals surface area (Å²) in [5.74, 6) is -0.984. The van der Waals surface area contributed by atoms with Gasteiger partial charge in [0.1, 0.15) is 19.0 Å². The van der Waals surface area contributed by atoms with Crippen LogP contribution in [0.2, 0.25) is 0 Å². The average molecular weight is 537 g/mol. The molecule has 0 saturated heterocycles. The lowest BCUT2D eigenvalue weighted by atomic mass is 9.98. The fourth-order valence-corrected chi connectivity index (χ4v) is 3.79. The molecule has 2 aromatic rings. The quantitative estimate of drug-likeness (QED) is 0.197. The standard InChI is InChI=1S/C31H40N2O6/c1-4-6-13-30(36)39-22-27(33-31(37)26(10-5-2)19-29(35)32-23(3)20-34)18-24-14-16-28(17-15-24)38-21-25-11-8-7-9-12-25/h4-5,7-9,11-12,14-17,23,26-27,34H,1-2,6,10,13,18-22H2,3H3,(H,32,35)(H,33,37)/t23-,26+,27-/m0/s1. The first kappa shape index (κ1) is 31.3. The Morgan fingerprint density at radius 1 is 0.974 bits per heavy atom. The molecule has 8 heteroatoms. The van der Waals surface area contributed by atoms with Crippen molar-refractivity contribution in [3.63, 3.8) is 0 Å². The molecule has 0 aliphatic heterocycles. The molecule has 0 aromatic heterocycles. The van der Waals surface area contributed by atoms with Crippen molar-refractivity contribution in [3.05, 3.63) is 91.0 Å². The van der Waals surface area contributed by atoms with Crippen LogP contribution in [0.15, 0.2) is 79.9 Å². The summed E-state index contributed by atoms with van der Waals surface area (Å²) >= 11 is 0. The predicted octanol–water partition coefficient (Wildman–Crippen LogP) is 3.88. The maximum Gasteiger partial charge on any atom is 0.306 e. The van der Waals surface area contributed by atoms with Gasteiger partial charge >= 0.3 is 5.97 Å². The Hall–Kier alpha value is -3.91. The highest BCUT2D eigenvalue weighted by molar-refractivity contribution is 5.86. The third-order valence-corrected chi connectivity index (χ3v) is 5.93. The van der Waals surface area contributed by atoms with E-state index in [9.17, 15) is 19.5 Å². The van der Waals surface area contributed by atoms with Crippen molar-refractivity contribution >= 4 is 17.8 Å². The molecule has 0 aliphatic carbocycles. The van der Waals surface area contributed by atoms with Crippen LogP contribution in [0, 0.1) is 5.92 Å². The van der Waals surface area contributed by atoms with Gasteiger partial charge in [-0.15, -0.1) is 13.2 Å². The fourth-order valence-electron chi connectivity index (χ4n) is 3.79. The maximum absolute atomic E-state index is 13.2. The van der Waals surface area contributed by atoms with Crippen molar-refractivity contribution < 1.29 is 29.0 Å². The molecule has 8 nitrogen and oxygen atoms in total. The van der Waals surface area contributed by atoms with Crippen molar-refractivity contribution in [1.82, 2.24) is 10.6 Å². The van der Waals surface area contributed by atoms with Crippen molar-refractivity contribution in [1.29, 1.82) is 0 Å². The van der Waals surface area contributed by atoms with Crippen molar-refractivity contribution in [2.45, 2.75) is 57.7 Å². The predicted molar refractivity (Wildman–Crippen MR) is 151 cm³/mol. The largest absolute Gasteiger partial charge is 0.489 e. The summed E-state index contributed by atoms with van der Waals surface area (Å²) in [4.78, 5) is 37.6. The van der Waals surface area contributed by atoms with Gasteiger partial charge in [-0.2, -0.15) is 0 Å². The number of carbonyl (C=O) groups is 3. The number of esters is 1. The van der Waals surface area contributed by atoms with Gasteiger partial charge in [0.25, 0.3) is 0 Å². The SMILES string of the molecule is C=CCCC(=O)OC[C@H](Cc1ccc(OCc2ccccc2)cc1)NC(=O)[C@H](CC=C)CC(=O)N[C@@H](C)CO. The van der Waals surface area contributed by atoms with Gasteiger partial charge in [-0.05, 0) is 49.4 Å². The maximum atomic E-state index is 13.2. The van der Waals surface area contributed by atoms with Crippen LogP contribution in [-0.4, -0.2) is 48.2 Å². The first-order valence-electron chi connectivity index (χ1n) is 13.2. The minimum Gasteiger partial charge on any atom is -0.489 e. The lowest BCUT2D eigenvalue weighted by Crippen LogP contribution is -2.45. The van der Waals surface area contributed by atoms with Gasteiger partial charge in [0, 0.05) is 18.9 Å². The zero-order valence-corrected chi connectivity index (χ0v) is 22.6. The molecule has 39 heavy (non-hydrogen) atoms. The van der Waals surface area contributed by atoms with Gasteiger partial charge in [0.05, 0.1) is 18.6 Å². The summed E-state index contributed by atoms with van der Waals surface area (Å²) in [5.41, 5.74) is 1.99. The minimum atomic E-state index is -0.652. The van der Waals surface area contributed by atoms with Gasteiger partial charge in [-0.3, -0.25) is 14.4 Å². The van der Waals surface area contributed by atoms with Gasteiger partial charge < -0.3 is 25.2 Å². The molecule has 0 bridgehead atoms. The smallest absolute Gasteiger partial charge is 0.306 e. The second-order valence-corrected chi connectivity index (χ2v) is 9.41. The van der Waals surface area contributed by atoms with Gasteiger partial charge in [0.2, 0.25) is 11.8 Å². The summed E-state index contributed by atoms with van der Waals surface area (Å²) in [6, 6.07) is 16.5. The first-order valence-corrected chi connectivity index (χ1v) is 13.2. The zero-order chi connectivity index (χ0) is 28.5. The Labute approximate surface area is 231 Å². The molecule has 0 aliphatic rings. The number of carbonyl (C=O) groups excluding carboxylic acids is 3. The average Bonchev–Trinajstić information content (AvgIpc) is 2.94. The summed E-state index contributed by atoms with van der Waals surface area (Å²) in [6.45, 7) is 9.24. The van der Waals surface area contributed by atoms with Crippen LogP contribution in [0.1, 0.15) is 43.7 Å². The van der Waals surface area contributed by atoms with E-state index in [-0.39, 0.29) is 43.8 Å². The zero-order valence-electron chi connectivity index (χ0n) is 22.6. The topological polar surface area (TPSA) is 114 Å². The highest BCUT2D eigenvalue weighted by Crippen LogP contribution is 2.17. The first-order chi connectivity index (χ1) is 18.8. The molecule has 0 heterocycles. The number of ether oxygens (including phenoxy) is 2. The summed E-state index contributed by atoms with van der Waals surface area (Å²) in [6.07, 6.45) is 4.60. The third kappa shape index (κ3) is 12.5. The van der Waals surface area contributed by atoms with Crippen LogP contribution in [0.4, 0.5) is 0 Å². The molecule has 0 unspecified atom stereocenters. The van der Waals surface area contributed by atoms with Crippen molar-refractivity contribution in [2.75, 3.05) is 13.2 Å². The minimum absolute atomic E-state index is 0.0114. The van der Waals surface area contributed by atoms with Crippen molar-refractivity contribution in [3.8, 4) is 5.75 Å². The number of allylic oxidation sites excluding steroid dienone is 2. The molecular weight excluding hydrogens is 496 g/mol. The molecule has 2 aromatic carbocycles. The van der Waals surface area contributed by atoms with E-state index in [0.29, 0.717) is 31.6 Å². The molecule has 3 N–H and O–H groups in total. The molecule has 0 spiro atoms. The molecule has 2 amide bonds. The number of aliphatic hydroxyl groups is 1. The van der Waals surface area contributed by atoms with E-state index in [1.807, 2.05) is 54.6 Å². The fraction of sp³-hybridized carbons (Fsp3) is 0.387. The number of nitrogens with one attached hydrogen (secondary N) is 2. The van der Waals surface area contributed by atoms with Crippen LogP contribution in [0.25, 0.3) is 0 Å². The highest BCUT2D eigenvalue weighted by atomic mass is 16.5. The van der Waals surface area contributed by atoms with Gasteiger partial charge in [0.15, 0.2) is 0 Å². The summed E-state index contributed by atoms with van der Waals surface area (Å²) < 4.78 is 11.3. The van der Waals surface area contributed by atoms with E-state index in [4.69, 9.17) is 9.47 Å². The highest BCUT2D eigenvalue weighted by Gasteiger charge is 2.25. The summed E-state index contributed by atoms with van der Waals surface area (Å²) in [7, 11) is 0. The Morgan fingerprint density at radius 2 is 1.69 bits per heavy atom. The second kappa shape index (κ2) is 17.6. The number of hydrogen-bond donors (Lipinski definition) is 3. The van der Waals surface area contributed by atoms with E-state index < -0.39 is 18.0 Å². The third-order valence-electron chi connectivity index (χ3n) is 5.93. The second-order valence-electron chi connectivity index (χ2n) is 9.41. The van der Waals surface area contributed by atoms with E-state index in [1.165, 1.54) is 0 Å². The lowest BCUT2D eigenvalue weighted by molar-refractivity contribution is -0.145. The monoisotopic (exact) mass is 536 g/mol. The van der Waals surface area contributed by atoms with Crippen LogP contribution < -0.4 is 15.4 Å². The summed E-state index contributed by atoms with van der Waals surface area (Å²) in [5, 5.41) is 14.8. The van der Waals surface area contributed by atoms with E-state index in [2.05, 4.69) is 23.8 Å². The van der Waals surface area contributed by atoms with E-state index >= 15 is 0 Å².